The first-order valence-electron chi connectivity index (χ1n) is 14.5. The Kier molecular flexibility index (Phi) is 20.4. The van der Waals surface area contributed by atoms with E-state index in [1.54, 1.807) is 21.1 Å². The second-order valence-corrected chi connectivity index (χ2v) is 10.8. The zero-order chi connectivity index (χ0) is 40.5. The minimum absolute atomic E-state index is 0. The molecule has 29 heteroatoms. The number of aromatic nitrogens is 13. The molecular formula is C30H17F12N13Y4-4. The molecule has 0 atom stereocenters. The van der Waals surface area contributed by atoms with Gasteiger partial charge in [-0.25, -0.2) is 10.1 Å². The second-order valence-electron chi connectivity index (χ2n) is 10.8. The summed E-state index contributed by atoms with van der Waals surface area (Å²) in [5.41, 5.74) is -1.77. The fourth-order valence-corrected chi connectivity index (χ4v) is 4.17. The summed E-state index contributed by atoms with van der Waals surface area (Å²) in [7, 11) is 4.84. The Morgan fingerprint density at radius 1 is 0.492 bits per heavy atom. The van der Waals surface area contributed by atoms with Crippen LogP contribution in [0.15, 0.2) is 49.2 Å². The number of nitrogens with zero attached hydrogens (tertiary/aromatic N) is 13. The number of aryl methyl sites for hydroxylation is 3. The molecule has 0 bridgehead atoms. The first kappa shape index (κ1) is 55.0. The number of rotatable bonds is 0. The smallest absolute Gasteiger partial charge is 0.434 e. The van der Waals surface area contributed by atoms with E-state index in [2.05, 4.69) is 70.3 Å². The van der Waals surface area contributed by atoms with E-state index in [9.17, 15) is 52.7 Å². The van der Waals surface area contributed by atoms with Crippen molar-refractivity contribution in [2.45, 2.75) is 24.7 Å². The Hall–Kier alpha value is -2.01. The summed E-state index contributed by atoms with van der Waals surface area (Å²) in [6.45, 7) is 0. The van der Waals surface area contributed by atoms with Gasteiger partial charge < -0.3 is 43.0 Å². The normalized spacial score (nSPS) is 11.4. The predicted octanol–water partition coefficient (Wildman–Crippen LogP) is 6.30. The van der Waals surface area contributed by atoms with Crippen LogP contribution in [0.1, 0.15) is 22.6 Å². The van der Waals surface area contributed by atoms with Gasteiger partial charge in [0.1, 0.15) is 11.4 Å². The molecule has 0 aromatic carbocycles. The first-order chi connectivity index (χ1) is 25.5. The first-order valence-corrected chi connectivity index (χ1v) is 14.5. The molecule has 302 valence electrons. The monoisotopic (exact) mass is 1140 g/mol. The summed E-state index contributed by atoms with van der Waals surface area (Å²) in [6.07, 6.45) is -3.44. The number of hydrogen-bond donors (Lipinski definition) is 0. The number of halogens is 12. The summed E-state index contributed by atoms with van der Waals surface area (Å²) >= 11 is 0. The molecule has 0 unspecified atom stereocenters. The molecular weight excluding hydrogens is 1130 g/mol. The van der Waals surface area contributed by atoms with Gasteiger partial charge in [-0.15, -0.1) is 6.20 Å². The SMILES string of the molecule is Cn1[c-]nc2cc(C(F)(F)F)cnc21.Cn1[c-]nc2cc(C(F)(F)F)ncc21.Cn1[c-]nc2cc(C(F)(F)F)nnc21.FC(F)(F)c1cc2n[c-]cn2cn1.[Y].[Y].[Y].[Y]. The van der Waals surface area contributed by atoms with Crippen molar-refractivity contribution >= 4 is 39.0 Å². The van der Waals surface area contributed by atoms with E-state index in [-0.39, 0.29) is 159 Å². The molecule has 0 saturated heterocycles. The van der Waals surface area contributed by atoms with Crippen LogP contribution >= 0.6 is 0 Å². The number of hydrogen-bond acceptors (Lipinski definition) is 9. The maximum atomic E-state index is 12.2. The summed E-state index contributed by atoms with van der Waals surface area (Å²) in [6, 6.07) is 3.58. The Bertz CT molecular complexity index is 2360. The molecule has 0 spiro atoms. The molecule has 8 aromatic heterocycles. The minimum atomic E-state index is -4.49. The third-order valence-electron chi connectivity index (χ3n) is 6.85. The van der Waals surface area contributed by atoms with Gasteiger partial charge in [0.15, 0.2) is 5.69 Å². The average Bonchev–Trinajstić information content (AvgIpc) is 3.90. The molecule has 0 fully saturated rings. The van der Waals surface area contributed by atoms with Crippen molar-refractivity contribution < 1.29 is 184 Å². The van der Waals surface area contributed by atoms with Crippen LogP contribution in [0.4, 0.5) is 52.7 Å². The van der Waals surface area contributed by atoms with Crippen LogP contribution in [-0.4, -0.2) is 63.2 Å². The van der Waals surface area contributed by atoms with E-state index in [4.69, 9.17) is 0 Å². The minimum Gasteiger partial charge on any atom is -0.448 e. The Balaban J connectivity index is 0.000000385. The number of alkyl halides is 12. The zero-order valence-electron chi connectivity index (χ0n) is 29.8. The molecule has 8 rings (SSSR count). The summed E-state index contributed by atoms with van der Waals surface area (Å²) < 4.78 is 152. The Morgan fingerprint density at radius 3 is 1.58 bits per heavy atom. The fraction of sp³-hybridized carbons (Fsp3) is 0.233. The quantitative estimate of drug-likeness (QED) is 0.127. The second kappa shape index (κ2) is 21.9. The molecule has 0 N–H and O–H groups in total. The van der Waals surface area contributed by atoms with Crippen molar-refractivity contribution in [3.63, 3.8) is 0 Å². The average molecular weight is 1140 g/mol. The summed E-state index contributed by atoms with van der Waals surface area (Å²) in [4.78, 5) is 24.8. The van der Waals surface area contributed by atoms with Gasteiger partial charge in [-0.1, -0.05) is 41.5 Å². The van der Waals surface area contributed by atoms with Gasteiger partial charge in [0.2, 0.25) is 0 Å². The molecule has 0 saturated carbocycles. The van der Waals surface area contributed by atoms with Crippen molar-refractivity contribution in [2.24, 2.45) is 21.1 Å². The van der Waals surface area contributed by atoms with E-state index < -0.39 is 47.4 Å². The van der Waals surface area contributed by atoms with Crippen molar-refractivity contribution in [3.8, 4) is 0 Å². The molecule has 13 nitrogen and oxygen atoms in total. The maximum Gasteiger partial charge on any atom is 0.434 e. The van der Waals surface area contributed by atoms with E-state index in [0.29, 0.717) is 11.2 Å². The van der Waals surface area contributed by atoms with Crippen LogP contribution in [0.3, 0.4) is 0 Å². The fourth-order valence-electron chi connectivity index (χ4n) is 4.17. The molecule has 0 aliphatic carbocycles. The molecule has 59 heavy (non-hydrogen) atoms. The van der Waals surface area contributed by atoms with E-state index in [1.165, 1.54) is 24.3 Å². The number of imidazole rings is 4. The maximum absolute atomic E-state index is 12.2. The molecule has 0 aliphatic rings. The topological polar surface area (TPSA) is 135 Å². The van der Waals surface area contributed by atoms with E-state index >= 15 is 0 Å². The largest absolute Gasteiger partial charge is 0.448 e. The number of fused-ring (bicyclic) bond motifs is 4. The van der Waals surface area contributed by atoms with Crippen molar-refractivity contribution in [3.05, 3.63) is 97.0 Å². The van der Waals surface area contributed by atoms with Gasteiger partial charge in [-0.3, -0.25) is 4.98 Å². The summed E-state index contributed by atoms with van der Waals surface area (Å²) in [5, 5.41) is 6.46. The Labute approximate surface area is 423 Å². The standard InChI is InChI=1S/2C8H5F3N3.C7H4F3N4.C7H3F3N3.4Y/c1-14-4-13-5-2-7(8(9,10)11)12-3-6(5)14;1-14-4-13-6-2-5(8(9,10)11)3-12-7(6)14;1-14-3-11-4-2-5(7(8,9)10)12-13-6(4)14;8-7(9,10)5-3-6-11-1-2-13(6)4-12-5;;;;/h2*2-3H,1H3;2H,1H3;2-4H;;;;/q4*-1;;;;. The van der Waals surface area contributed by atoms with Gasteiger partial charge >= 0.3 is 24.7 Å². The Morgan fingerprint density at radius 2 is 1.00 bits per heavy atom. The van der Waals surface area contributed by atoms with Gasteiger partial charge in [0.25, 0.3) is 0 Å². The van der Waals surface area contributed by atoms with Crippen LogP contribution in [0.2, 0.25) is 0 Å². The third kappa shape index (κ3) is 14.3. The van der Waals surface area contributed by atoms with Crippen LogP contribution in [0, 0.1) is 25.2 Å². The van der Waals surface area contributed by atoms with Crippen LogP contribution in [0.5, 0.6) is 0 Å². The van der Waals surface area contributed by atoms with Crippen molar-refractivity contribution in [1.82, 2.24) is 63.2 Å². The van der Waals surface area contributed by atoms with Gasteiger partial charge in [0, 0.05) is 167 Å². The van der Waals surface area contributed by atoms with Crippen molar-refractivity contribution in [1.29, 1.82) is 0 Å². The predicted molar refractivity (Wildman–Crippen MR) is 162 cm³/mol. The van der Waals surface area contributed by atoms with Crippen LogP contribution in [-0.2, 0) is 177 Å². The molecule has 8 heterocycles. The van der Waals surface area contributed by atoms with Gasteiger partial charge in [-0.05, 0) is 44.0 Å². The van der Waals surface area contributed by atoms with E-state index in [1.807, 2.05) is 0 Å². The molecule has 4 radical (unpaired) electrons. The molecule has 0 aliphatic heterocycles. The van der Waals surface area contributed by atoms with Crippen molar-refractivity contribution in [2.75, 3.05) is 0 Å². The van der Waals surface area contributed by atoms with Gasteiger partial charge in [-0.2, -0.15) is 57.8 Å². The van der Waals surface area contributed by atoms with E-state index in [0.717, 1.165) is 43.0 Å². The van der Waals surface area contributed by atoms with Crippen LogP contribution in [0.25, 0.3) is 39.0 Å². The molecule has 8 aromatic rings. The van der Waals surface area contributed by atoms with Gasteiger partial charge in [0.05, 0.1) is 11.9 Å². The number of pyridine rings is 2. The van der Waals surface area contributed by atoms with Crippen LogP contribution < -0.4 is 0 Å². The summed E-state index contributed by atoms with van der Waals surface area (Å²) in [5.74, 6) is 0. The third-order valence-corrected chi connectivity index (χ3v) is 6.85. The zero-order valence-corrected chi connectivity index (χ0v) is 41.1. The molecule has 0 amide bonds.